The monoisotopic (exact) mass is 369 g/mol. The Kier molecular flexibility index (Phi) is 5.35. The number of amides is 1. The molecule has 1 aliphatic heterocycles. The van der Waals surface area contributed by atoms with E-state index in [0.717, 1.165) is 11.3 Å². The summed E-state index contributed by atoms with van der Waals surface area (Å²) in [5.74, 6) is -0.711. The number of carboxylic acids is 1. The van der Waals surface area contributed by atoms with Crippen LogP contribution in [-0.2, 0) is 16.8 Å². The van der Waals surface area contributed by atoms with Gasteiger partial charge in [0.15, 0.2) is 0 Å². The van der Waals surface area contributed by atoms with E-state index in [1.54, 1.807) is 9.58 Å². The summed E-state index contributed by atoms with van der Waals surface area (Å²) in [5.41, 5.74) is 1.33. The zero-order valence-electron chi connectivity index (χ0n) is 16.2. The van der Waals surface area contributed by atoms with Gasteiger partial charge >= 0.3 is 5.97 Å². The number of carbonyl (C=O) groups is 2. The lowest BCUT2D eigenvalue weighted by molar-refractivity contribution is -0.145. The molecule has 0 aliphatic carbocycles. The summed E-state index contributed by atoms with van der Waals surface area (Å²) in [4.78, 5) is 27.0. The second-order valence-electron chi connectivity index (χ2n) is 7.48. The maximum Gasteiger partial charge on any atom is 0.314 e. The van der Waals surface area contributed by atoms with Crippen LogP contribution < -0.4 is 0 Å². The molecule has 0 saturated carbocycles. The van der Waals surface area contributed by atoms with Gasteiger partial charge in [0.25, 0.3) is 5.91 Å². The van der Waals surface area contributed by atoms with Crippen molar-refractivity contribution in [1.29, 1.82) is 0 Å². The molecule has 1 aromatic heterocycles. The van der Waals surface area contributed by atoms with Crippen molar-refractivity contribution in [2.45, 2.75) is 51.5 Å². The molecule has 6 heteroatoms. The molecule has 0 atom stereocenters. The highest BCUT2D eigenvalue weighted by molar-refractivity contribution is 5.95. The molecule has 144 valence electrons. The summed E-state index contributed by atoms with van der Waals surface area (Å²) >= 11 is 0. The van der Waals surface area contributed by atoms with Crippen LogP contribution in [0.5, 0.6) is 0 Å². The van der Waals surface area contributed by atoms with Crippen molar-refractivity contribution in [3.05, 3.63) is 53.3 Å². The second-order valence-corrected chi connectivity index (χ2v) is 7.48. The van der Waals surface area contributed by atoms with Gasteiger partial charge in [0.2, 0.25) is 0 Å². The Morgan fingerprint density at radius 1 is 1.19 bits per heavy atom. The van der Waals surface area contributed by atoms with Gasteiger partial charge < -0.3 is 10.0 Å². The number of carbonyl (C=O) groups excluding carboxylic acids is 1. The van der Waals surface area contributed by atoms with Gasteiger partial charge in [-0.2, -0.15) is 5.10 Å². The second kappa shape index (κ2) is 7.55. The van der Waals surface area contributed by atoms with E-state index >= 15 is 0 Å². The smallest absolute Gasteiger partial charge is 0.314 e. The first-order chi connectivity index (χ1) is 12.9. The van der Waals surface area contributed by atoms with Gasteiger partial charge in [-0.1, -0.05) is 44.2 Å². The third-order valence-electron chi connectivity index (χ3n) is 5.53. The predicted octanol–water partition coefficient (Wildman–Crippen LogP) is 3.29. The molecule has 0 unspecified atom stereocenters. The highest BCUT2D eigenvalue weighted by Crippen LogP contribution is 2.36. The van der Waals surface area contributed by atoms with E-state index in [0.29, 0.717) is 38.0 Å². The van der Waals surface area contributed by atoms with Gasteiger partial charge in [-0.15, -0.1) is 0 Å². The van der Waals surface area contributed by atoms with Crippen molar-refractivity contribution in [3.63, 3.8) is 0 Å². The third-order valence-corrected chi connectivity index (χ3v) is 5.53. The highest BCUT2D eigenvalue weighted by Gasteiger charge is 2.44. The van der Waals surface area contributed by atoms with E-state index in [9.17, 15) is 14.7 Å². The summed E-state index contributed by atoms with van der Waals surface area (Å²) in [6.45, 7) is 7.61. The number of aliphatic carboxylic acids is 1. The third kappa shape index (κ3) is 3.48. The number of carboxylic acid groups (broad SMARTS) is 1. The zero-order valence-corrected chi connectivity index (χ0v) is 16.2. The maximum absolute atomic E-state index is 13.1. The fourth-order valence-electron chi connectivity index (χ4n) is 3.83. The summed E-state index contributed by atoms with van der Waals surface area (Å²) in [7, 11) is 0. The SMILES string of the molecule is CCn1cc(C(=O)N2CCC(C(=O)O)(c3ccccc3)CC2)c(C(C)C)n1. The Hall–Kier alpha value is -2.63. The molecular weight excluding hydrogens is 342 g/mol. The topological polar surface area (TPSA) is 75.4 Å². The van der Waals surface area contributed by atoms with Crippen molar-refractivity contribution in [2.75, 3.05) is 13.1 Å². The molecule has 0 spiro atoms. The van der Waals surface area contributed by atoms with E-state index in [2.05, 4.69) is 5.10 Å². The van der Waals surface area contributed by atoms with Crippen LogP contribution in [-0.4, -0.2) is 44.8 Å². The average molecular weight is 369 g/mol. The number of aromatic nitrogens is 2. The summed E-state index contributed by atoms with van der Waals surface area (Å²) in [5, 5.41) is 14.4. The van der Waals surface area contributed by atoms with Crippen LogP contribution in [0.4, 0.5) is 0 Å². The van der Waals surface area contributed by atoms with Crippen molar-refractivity contribution in [2.24, 2.45) is 0 Å². The van der Waals surface area contributed by atoms with Gasteiger partial charge in [-0.3, -0.25) is 14.3 Å². The molecule has 1 amide bonds. The molecule has 2 aromatic rings. The van der Waals surface area contributed by atoms with Crippen molar-refractivity contribution < 1.29 is 14.7 Å². The summed E-state index contributed by atoms with van der Waals surface area (Å²) < 4.78 is 1.79. The van der Waals surface area contributed by atoms with Crippen molar-refractivity contribution in [3.8, 4) is 0 Å². The minimum atomic E-state index is -0.924. The molecule has 27 heavy (non-hydrogen) atoms. The molecule has 1 N–H and O–H groups in total. The van der Waals surface area contributed by atoms with Crippen LogP contribution >= 0.6 is 0 Å². The van der Waals surface area contributed by atoms with Crippen LogP contribution in [0.3, 0.4) is 0 Å². The van der Waals surface area contributed by atoms with Crippen LogP contribution in [0.25, 0.3) is 0 Å². The Morgan fingerprint density at radius 3 is 2.33 bits per heavy atom. The van der Waals surface area contributed by atoms with Crippen LogP contribution in [0.2, 0.25) is 0 Å². The molecule has 1 fully saturated rings. The zero-order chi connectivity index (χ0) is 19.6. The van der Waals surface area contributed by atoms with Gasteiger partial charge in [0.1, 0.15) is 0 Å². The van der Waals surface area contributed by atoms with E-state index < -0.39 is 11.4 Å². The summed E-state index contributed by atoms with van der Waals surface area (Å²) in [6.07, 6.45) is 2.64. The number of rotatable bonds is 5. The first-order valence-corrected chi connectivity index (χ1v) is 9.54. The molecule has 1 aliphatic rings. The molecule has 0 bridgehead atoms. The van der Waals surface area contributed by atoms with Gasteiger partial charge in [0, 0.05) is 25.8 Å². The van der Waals surface area contributed by atoms with Crippen LogP contribution in [0.1, 0.15) is 61.1 Å². The number of hydrogen-bond donors (Lipinski definition) is 1. The molecule has 3 rings (SSSR count). The van der Waals surface area contributed by atoms with Crippen LogP contribution in [0, 0.1) is 0 Å². The van der Waals surface area contributed by atoms with Crippen LogP contribution in [0.15, 0.2) is 36.5 Å². The highest BCUT2D eigenvalue weighted by atomic mass is 16.4. The number of aryl methyl sites for hydroxylation is 1. The molecule has 6 nitrogen and oxygen atoms in total. The Bertz CT molecular complexity index is 818. The fourth-order valence-corrected chi connectivity index (χ4v) is 3.83. The number of piperidine rings is 1. The first kappa shape index (κ1) is 19.1. The van der Waals surface area contributed by atoms with Gasteiger partial charge in [0.05, 0.1) is 16.7 Å². The van der Waals surface area contributed by atoms with Gasteiger partial charge in [-0.05, 0) is 31.2 Å². The number of likely N-dealkylation sites (tertiary alicyclic amines) is 1. The van der Waals surface area contributed by atoms with Crippen molar-refractivity contribution in [1.82, 2.24) is 14.7 Å². The molecule has 2 heterocycles. The lowest BCUT2D eigenvalue weighted by Crippen LogP contribution is -2.49. The fraction of sp³-hybridized carbons (Fsp3) is 0.476. The van der Waals surface area contributed by atoms with E-state index in [1.807, 2.05) is 57.3 Å². The Balaban J connectivity index is 1.82. The van der Waals surface area contributed by atoms with Crippen molar-refractivity contribution >= 4 is 11.9 Å². The van der Waals surface area contributed by atoms with E-state index in [1.165, 1.54) is 0 Å². The lowest BCUT2D eigenvalue weighted by atomic mass is 9.72. The molecule has 1 saturated heterocycles. The quantitative estimate of drug-likeness (QED) is 0.877. The Labute approximate surface area is 159 Å². The molecule has 0 radical (unpaired) electrons. The standard InChI is InChI=1S/C21H27N3O3/c1-4-24-14-17(18(22-24)15(2)3)19(25)23-12-10-21(11-13-23,20(26)27)16-8-6-5-7-9-16/h5-9,14-15H,4,10-13H2,1-3H3,(H,26,27). The first-order valence-electron chi connectivity index (χ1n) is 9.54. The maximum atomic E-state index is 13.1. The largest absolute Gasteiger partial charge is 0.481 e. The van der Waals surface area contributed by atoms with Gasteiger partial charge in [-0.25, -0.2) is 0 Å². The number of hydrogen-bond acceptors (Lipinski definition) is 3. The molecular formula is C21H27N3O3. The average Bonchev–Trinajstić information content (AvgIpc) is 3.13. The van der Waals surface area contributed by atoms with E-state index in [4.69, 9.17) is 0 Å². The predicted molar refractivity (Wildman–Crippen MR) is 103 cm³/mol. The lowest BCUT2D eigenvalue weighted by Gasteiger charge is -2.39. The Morgan fingerprint density at radius 2 is 1.81 bits per heavy atom. The summed E-state index contributed by atoms with van der Waals surface area (Å²) in [6, 6.07) is 9.36. The molecule has 1 aromatic carbocycles. The number of nitrogens with zero attached hydrogens (tertiary/aromatic N) is 3. The normalized spacial score (nSPS) is 16.5. The minimum Gasteiger partial charge on any atom is -0.481 e. The number of benzene rings is 1. The van der Waals surface area contributed by atoms with E-state index in [-0.39, 0.29) is 11.8 Å². The minimum absolute atomic E-state index is 0.0505.